The number of aryl methyl sites for hydroxylation is 1. The van der Waals surface area contributed by atoms with E-state index in [-0.39, 0.29) is 18.4 Å². The Balaban J connectivity index is 1.76. The second-order valence-corrected chi connectivity index (χ2v) is 7.32. The quantitative estimate of drug-likeness (QED) is 0.710. The molecule has 2 N–H and O–H groups in total. The van der Waals surface area contributed by atoms with Gasteiger partial charge in [-0.3, -0.25) is 4.79 Å². The Morgan fingerprint density at radius 1 is 1.41 bits per heavy atom. The molecule has 1 aliphatic rings. The first-order chi connectivity index (χ1) is 13.1. The summed E-state index contributed by atoms with van der Waals surface area (Å²) in [7, 11) is 0. The summed E-state index contributed by atoms with van der Waals surface area (Å²) >= 11 is 6.74. The van der Waals surface area contributed by atoms with Gasteiger partial charge >= 0.3 is 0 Å². The minimum atomic E-state index is -0.309. The van der Waals surface area contributed by atoms with Crippen LogP contribution in [0.2, 0.25) is 5.02 Å². The molecule has 0 aliphatic carbocycles. The molecular weight excluding hydrogens is 362 g/mol. The van der Waals surface area contributed by atoms with Gasteiger partial charge in [-0.25, -0.2) is 4.98 Å². The zero-order valence-corrected chi connectivity index (χ0v) is 16.0. The minimum Gasteiger partial charge on any atom is -0.396 e. The van der Waals surface area contributed by atoms with Crippen molar-refractivity contribution in [1.29, 1.82) is 0 Å². The van der Waals surface area contributed by atoms with Gasteiger partial charge in [0.25, 0.3) is 0 Å². The predicted molar refractivity (Wildman–Crippen MR) is 108 cm³/mol. The molecule has 1 aliphatic heterocycles. The molecule has 3 aromatic rings. The predicted octanol–water partition coefficient (Wildman–Crippen LogP) is 4.18. The van der Waals surface area contributed by atoms with Crippen LogP contribution in [0.3, 0.4) is 0 Å². The Labute approximate surface area is 163 Å². The number of rotatable bonds is 4. The number of nitrogens with one attached hydrogen (secondary N) is 1. The van der Waals surface area contributed by atoms with E-state index >= 15 is 0 Å². The lowest BCUT2D eigenvalue weighted by Crippen LogP contribution is -2.42. The first-order valence-corrected chi connectivity index (χ1v) is 9.69. The fourth-order valence-electron chi connectivity index (χ4n) is 3.82. The Hall–Kier alpha value is -2.37. The third kappa shape index (κ3) is 3.11. The molecule has 0 saturated carbocycles. The number of aliphatic hydroxyl groups is 1. The number of aromatic nitrogens is 2. The van der Waals surface area contributed by atoms with Crippen LogP contribution < -0.4 is 4.90 Å². The number of H-pyrrole nitrogens is 1. The zero-order valence-electron chi connectivity index (χ0n) is 15.2. The molecule has 1 atom stereocenters. The van der Waals surface area contributed by atoms with Crippen LogP contribution in [-0.2, 0) is 11.2 Å². The first kappa shape index (κ1) is 18.0. The number of halogens is 1. The second kappa shape index (κ2) is 7.33. The molecule has 1 aromatic carbocycles. The van der Waals surface area contributed by atoms with Crippen molar-refractivity contribution in [2.75, 3.05) is 18.1 Å². The number of piperidine rings is 1. The number of hydrogen-bond donors (Lipinski definition) is 2. The van der Waals surface area contributed by atoms with Gasteiger partial charge in [0.15, 0.2) is 0 Å². The molecule has 0 radical (unpaired) electrons. The zero-order chi connectivity index (χ0) is 19.0. The average molecular weight is 384 g/mol. The highest BCUT2D eigenvalue weighted by Gasteiger charge is 2.29. The maximum atomic E-state index is 12.6. The number of aliphatic hydroxyl groups excluding tert-OH is 1. The average Bonchev–Trinajstić information content (AvgIpc) is 3.13. The van der Waals surface area contributed by atoms with Crippen molar-refractivity contribution in [2.45, 2.75) is 26.2 Å². The van der Waals surface area contributed by atoms with E-state index in [0.717, 1.165) is 52.7 Å². The lowest BCUT2D eigenvalue weighted by atomic mass is 9.96. The van der Waals surface area contributed by atoms with Crippen LogP contribution >= 0.6 is 11.6 Å². The maximum Gasteiger partial charge on any atom is 0.232 e. The van der Waals surface area contributed by atoms with E-state index in [0.29, 0.717) is 11.6 Å². The van der Waals surface area contributed by atoms with Crippen LogP contribution in [0.4, 0.5) is 5.69 Å². The van der Waals surface area contributed by atoms with Crippen LogP contribution in [0.1, 0.15) is 25.3 Å². The van der Waals surface area contributed by atoms with Crippen LogP contribution in [0.15, 0.2) is 36.7 Å². The molecule has 3 heterocycles. The molecule has 140 valence electrons. The van der Waals surface area contributed by atoms with E-state index in [1.807, 2.05) is 30.5 Å². The van der Waals surface area contributed by atoms with E-state index in [1.54, 1.807) is 11.1 Å². The van der Waals surface area contributed by atoms with Gasteiger partial charge in [-0.1, -0.05) is 30.7 Å². The van der Waals surface area contributed by atoms with Crippen LogP contribution in [0.5, 0.6) is 0 Å². The van der Waals surface area contributed by atoms with Crippen molar-refractivity contribution in [3.05, 3.63) is 47.2 Å². The van der Waals surface area contributed by atoms with Crippen molar-refractivity contribution in [3.63, 3.8) is 0 Å². The molecule has 0 spiro atoms. The number of hydrogen-bond acceptors (Lipinski definition) is 3. The van der Waals surface area contributed by atoms with E-state index < -0.39 is 0 Å². The molecule has 27 heavy (non-hydrogen) atoms. The number of fused-ring (bicyclic) bond motifs is 1. The third-order valence-electron chi connectivity index (χ3n) is 5.34. The Morgan fingerprint density at radius 2 is 2.26 bits per heavy atom. The number of nitrogens with zero attached hydrogens (tertiary/aromatic N) is 2. The number of carbonyl (C=O) groups excluding carboxylic acids is 1. The highest BCUT2D eigenvalue weighted by Crippen LogP contribution is 2.36. The summed E-state index contributed by atoms with van der Waals surface area (Å²) in [6.07, 6.45) is 6.22. The molecule has 4 rings (SSSR count). The van der Waals surface area contributed by atoms with Gasteiger partial charge in [-0.2, -0.15) is 0 Å². The van der Waals surface area contributed by atoms with Crippen LogP contribution in [0, 0.1) is 5.92 Å². The smallest absolute Gasteiger partial charge is 0.232 e. The molecule has 5 nitrogen and oxygen atoms in total. The highest BCUT2D eigenvalue weighted by atomic mass is 35.5. The largest absolute Gasteiger partial charge is 0.396 e. The first-order valence-electron chi connectivity index (χ1n) is 9.31. The van der Waals surface area contributed by atoms with Crippen molar-refractivity contribution >= 4 is 34.2 Å². The minimum absolute atomic E-state index is 0.0144. The molecule has 0 bridgehead atoms. The van der Waals surface area contributed by atoms with Crippen molar-refractivity contribution in [3.8, 4) is 11.1 Å². The van der Waals surface area contributed by atoms with Gasteiger partial charge in [0.2, 0.25) is 5.91 Å². The summed E-state index contributed by atoms with van der Waals surface area (Å²) in [5, 5.41) is 11.1. The monoisotopic (exact) mass is 383 g/mol. The number of carbonyl (C=O) groups is 1. The van der Waals surface area contributed by atoms with Gasteiger partial charge < -0.3 is 15.0 Å². The summed E-state index contributed by atoms with van der Waals surface area (Å²) in [6, 6.07) is 7.81. The molecule has 0 unspecified atom stereocenters. The number of aromatic amines is 1. The molecule has 1 saturated heterocycles. The van der Waals surface area contributed by atoms with E-state index in [2.05, 4.69) is 16.9 Å². The molecule has 1 amide bonds. The second-order valence-electron chi connectivity index (χ2n) is 6.94. The van der Waals surface area contributed by atoms with Crippen molar-refractivity contribution < 1.29 is 9.90 Å². The van der Waals surface area contributed by atoms with E-state index in [4.69, 9.17) is 11.6 Å². The van der Waals surface area contributed by atoms with Gasteiger partial charge in [-0.15, -0.1) is 0 Å². The van der Waals surface area contributed by atoms with Gasteiger partial charge in [0.05, 0.1) is 17.5 Å². The number of amides is 1. The normalized spacial score (nSPS) is 17.7. The van der Waals surface area contributed by atoms with Crippen molar-refractivity contribution in [2.24, 2.45) is 5.92 Å². The summed E-state index contributed by atoms with van der Waals surface area (Å²) in [5.74, 6) is -0.324. The lowest BCUT2D eigenvalue weighted by Gasteiger charge is -2.31. The molecule has 2 aromatic heterocycles. The lowest BCUT2D eigenvalue weighted by molar-refractivity contribution is -0.125. The number of benzene rings is 1. The standard InChI is InChI=1S/C21H22ClN3O2/c1-2-13-10-23-20-18(13)19(22)17(11-24-20)14-5-3-7-16(9-14)25-8-4-6-15(12-26)21(25)27/h3,5,7,9-11,15,26H,2,4,6,8,12H2,1H3,(H,23,24)/t15-/m0/s1. The molecule has 1 fully saturated rings. The summed E-state index contributed by atoms with van der Waals surface area (Å²) in [4.78, 5) is 22.1. The Morgan fingerprint density at radius 3 is 3.04 bits per heavy atom. The maximum absolute atomic E-state index is 12.6. The van der Waals surface area contributed by atoms with Gasteiger partial charge in [-0.05, 0) is 42.5 Å². The molecule has 6 heteroatoms. The number of anilines is 1. The van der Waals surface area contributed by atoms with Crippen LogP contribution in [-0.4, -0.2) is 34.1 Å². The highest BCUT2D eigenvalue weighted by molar-refractivity contribution is 6.38. The summed E-state index contributed by atoms with van der Waals surface area (Å²) in [5.41, 5.74) is 4.53. The van der Waals surface area contributed by atoms with Gasteiger partial charge in [0, 0.05) is 35.6 Å². The van der Waals surface area contributed by atoms with E-state index in [1.165, 1.54) is 0 Å². The summed E-state index contributed by atoms with van der Waals surface area (Å²) < 4.78 is 0. The topological polar surface area (TPSA) is 69.2 Å². The van der Waals surface area contributed by atoms with E-state index in [9.17, 15) is 9.90 Å². The molecular formula is C21H22ClN3O2. The fraction of sp³-hybridized carbons (Fsp3) is 0.333. The van der Waals surface area contributed by atoms with Crippen molar-refractivity contribution in [1.82, 2.24) is 9.97 Å². The number of pyridine rings is 1. The SMILES string of the molecule is CCc1c[nH]c2ncc(-c3cccc(N4CCC[C@@H](CO)C4=O)c3)c(Cl)c12. The fourth-order valence-corrected chi connectivity index (χ4v) is 4.18. The summed E-state index contributed by atoms with van der Waals surface area (Å²) in [6.45, 7) is 2.65. The van der Waals surface area contributed by atoms with Gasteiger partial charge in [0.1, 0.15) is 5.65 Å². The Kier molecular flexibility index (Phi) is 4.89. The third-order valence-corrected chi connectivity index (χ3v) is 5.73. The van der Waals surface area contributed by atoms with Crippen LogP contribution in [0.25, 0.3) is 22.2 Å². The Bertz CT molecular complexity index is 998.